The minimum absolute atomic E-state index is 0.228. The van der Waals surface area contributed by atoms with Crippen molar-refractivity contribution in [3.8, 4) is 0 Å². The molecule has 0 aliphatic rings. The lowest BCUT2D eigenvalue weighted by atomic mass is 10.3. The van der Waals surface area contributed by atoms with E-state index in [-0.39, 0.29) is 10.6 Å². The summed E-state index contributed by atoms with van der Waals surface area (Å²) in [5.41, 5.74) is 5.16. The Morgan fingerprint density at radius 2 is 2.00 bits per heavy atom. The summed E-state index contributed by atoms with van der Waals surface area (Å²) in [5, 5.41) is 6.93. The summed E-state index contributed by atoms with van der Waals surface area (Å²) in [6.45, 7) is 6.34. The Kier molecular flexibility index (Phi) is 3.04. The first-order valence-corrected chi connectivity index (χ1v) is 3.87. The fourth-order valence-corrected chi connectivity index (χ4v) is 0.883. The monoisotopic (exact) mass is 146 g/mol. The zero-order chi connectivity index (χ0) is 7.49. The highest BCUT2D eigenvalue weighted by Gasteiger charge is 2.09. The van der Waals surface area contributed by atoms with Gasteiger partial charge in [-0.1, -0.05) is 20.8 Å². The van der Waals surface area contributed by atoms with E-state index in [0.717, 1.165) is 0 Å². The summed E-state index contributed by atoms with van der Waals surface area (Å²) in [5.74, 6) is 0.902. The Morgan fingerprint density at radius 3 is 2.11 bits per heavy atom. The molecule has 0 heterocycles. The first-order chi connectivity index (χ1) is 3.92. The van der Waals surface area contributed by atoms with Crippen LogP contribution in [-0.4, -0.2) is 16.3 Å². The van der Waals surface area contributed by atoms with Gasteiger partial charge < -0.3 is 5.73 Å². The number of thioether (sulfide) groups is 1. The fourth-order valence-electron chi connectivity index (χ4n) is 0.294. The van der Waals surface area contributed by atoms with Gasteiger partial charge in [-0.2, -0.15) is 0 Å². The summed E-state index contributed by atoms with van der Waals surface area (Å²) in [6, 6.07) is 0. The van der Waals surface area contributed by atoms with Gasteiger partial charge in [0, 0.05) is 4.75 Å². The molecule has 0 saturated carbocycles. The highest BCUT2D eigenvalue weighted by atomic mass is 32.2. The number of hydrogen-bond donors (Lipinski definition) is 2. The smallest absolute Gasteiger partial charge is 0.101 e. The quantitative estimate of drug-likeness (QED) is 0.457. The molecule has 54 valence electrons. The van der Waals surface area contributed by atoms with Gasteiger partial charge in [0.05, 0.1) is 5.75 Å². The summed E-state index contributed by atoms with van der Waals surface area (Å²) in [4.78, 5) is 0. The lowest BCUT2D eigenvalue weighted by Gasteiger charge is -2.16. The third-order valence-corrected chi connectivity index (χ3v) is 1.98. The van der Waals surface area contributed by atoms with E-state index in [1.165, 1.54) is 0 Å². The molecular weight excluding hydrogens is 132 g/mol. The topological polar surface area (TPSA) is 49.9 Å². The van der Waals surface area contributed by atoms with E-state index in [2.05, 4.69) is 20.8 Å². The molecule has 0 aromatic heterocycles. The summed E-state index contributed by atoms with van der Waals surface area (Å²) in [7, 11) is 0. The molecule has 0 atom stereocenters. The summed E-state index contributed by atoms with van der Waals surface area (Å²) >= 11 is 1.69. The SMILES string of the molecule is CC(C)(C)SCC(=N)N. The Morgan fingerprint density at radius 1 is 1.56 bits per heavy atom. The normalized spacial score (nSPS) is 11.4. The van der Waals surface area contributed by atoms with Crippen LogP contribution in [0.4, 0.5) is 0 Å². The van der Waals surface area contributed by atoms with E-state index in [1.54, 1.807) is 11.8 Å². The molecule has 0 saturated heterocycles. The second-order valence-corrected chi connectivity index (χ2v) is 4.73. The van der Waals surface area contributed by atoms with Crippen LogP contribution >= 0.6 is 11.8 Å². The van der Waals surface area contributed by atoms with Crippen LogP contribution in [0.5, 0.6) is 0 Å². The maximum atomic E-state index is 6.93. The average molecular weight is 146 g/mol. The zero-order valence-electron chi connectivity index (χ0n) is 6.19. The largest absolute Gasteiger partial charge is 0.387 e. The van der Waals surface area contributed by atoms with Crippen LogP contribution in [0, 0.1) is 5.41 Å². The lowest BCUT2D eigenvalue weighted by molar-refractivity contribution is 0.805. The number of hydrogen-bond acceptors (Lipinski definition) is 2. The van der Waals surface area contributed by atoms with Crippen molar-refractivity contribution in [2.24, 2.45) is 5.73 Å². The molecule has 0 bridgehead atoms. The first-order valence-electron chi connectivity index (χ1n) is 2.89. The van der Waals surface area contributed by atoms with Gasteiger partial charge in [-0.3, -0.25) is 5.41 Å². The van der Waals surface area contributed by atoms with Crippen LogP contribution in [0.2, 0.25) is 0 Å². The first kappa shape index (κ1) is 8.82. The lowest BCUT2D eigenvalue weighted by Crippen LogP contribution is -2.18. The molecule has 0 aromatic carbocycles. The maximum absolute atomic E-state index is 6.93. The van der Waals surface area contributed by atoms with E-state index in [9.17, 15) is 0 Å². The molecule has 0 aromatic rings. The third-order valence-electron chi connectivity index (χ3n) is 0.661. The Hall–Kier alpha value is -0.180. The molecule has 0 aliphatic heterocycles. The van der Waals surface area contributed by atoms with Gasteiger partial charge in [0.1, 0.15) is 5.84 Å². The van der Waals surface area contributed by atoms with Crippen molar-refractivity contribution in [3.05, 3.63) is 0 Å². The van der Waals surface area contributed by atoms with Crippen molar-refractivity contribution in [1.82, 2.24) is 0 Å². The average Bonchev–Trinajstić information content (AvgIpc) is 1.59. The second kappa shape index (κ2) is 3.11. The predicted octanol–water partition coefficient (Wildman–Crippen LogP) is 1.45. The number of nitrogens with one attached hydrogen (secondary N) is 1. The molecule has 0 unspecified atom stereocenters. The van der Waals surface area contributed by atoms with Crippen LogP contribution in [-0.2, 0) is 0 Å². The Labute approximate surface area is 60.7 Å². The maximum Gasteiger partial charge on any atom is 0.101 e. The van der Waals surface area contributed by atoms with Gasteiger partial charge in [0.25, 0.3) is 0 Å². The molecule has 2 nitrogen and oxygen atoms in total. The number of amidine groups is 1. The van der Waals surface area contributed by atoms with Crippen molar-refractivity contribution < 1.29 is 0 Å². The van der Waals surface area contributed by atoms with Gasteiger partial charge >= 0.3 is 0 Å². The van der Waals surface area contributed by atoms with E-state index < -0.39 is 0 Å². The molecule has 0 fully saturated rings. The molecule has 0 spiro atoms. The third kappa shape index (κ3) is 7.82. The number of nitrogens with two attached hydrogens (primary N) is 1. The second-order valence-electron chi connectivity index (χ2n) is 2.93. The molecule has 3 N–H and O–H groups in total. The standard InChI is InChI=1S/C6H14N2S/c1-6(2,3)9-4-5(7)8/h4H2,1-3H3,(H3,7,8). The molecule has 0 radical (unpaired) electrons. The molecule has 3 heteroatoms. The van der Waals surface area contributed by atoms with E-state index in [1.807, 2.05) is 0 Å². The molecule has 0 rings (SSSR count). The van der Waals surface area contributed by atoms with Crippen molar-refractivity contribution in [2.75, 3.05) is 5.75 Å². The van der Waals surface area contributed by atoms with Crippen LogP contribution in [0.15, 0.2) is 0 Å². The van der Waals surface area contributed by atoms with E-state index in [4.69, 9.17) is 11.1 Å². The van der Waals surface area contributed by atoms with Crippen LogP contribution in [0.1, 0.15) is 20.8 Å². The fraction of sp³-hybridized carbons (Fsp3) is 0.833. The Bertz CT molecular complexity index is 104. The molecule has 9 heavy (non-hydrogen) atoms. The summed E-state index contributed by atoms with van der Waals surface area (Å²) in [6.07, 6.45) is 0. The minimum Gasteiger partial charge on any atom is -0.387 e. The van der Waals surface area contributed by atoms with Gasteiger partial charge in [0.2, 0.25) is 0 Å². The molecular formula is C6H14N2S. The molecule has 0 amide bonds. The predicted molar refractivity (Wildman–Crippen MR) is 44.1 cm³/mol. The van der Waals surface area contributed by atoms with Gasteiger partial charge in [-0.05, 0) is 0 Å². The van der Waals surface area contributed by atoms with Crippen molar-refractivity contribution >= 4 is 17.6 Å². The molecule has 0 aliphatic carbocycles. The highest BCUT2D eigenvalue weighted by molar-refractivity contribution is 8.01. The van der Waals surface area contributed by atoms with Crippen LogP contribution < -0.4 is 5.73 Å². The van der Waals surface area contributed by atoms with Crippen molar-refractivity contribution in [2.45, 2.75) is 25.5 Å². The van der Waals surface area contributed by atoms with E-state index >= 15 is 0 Å². The Balaban J connectivity index is 3.39. The van der Waals surface area contributed by atoms with Gasteiger partial charge in [-0.15, -0.1) is 11.8 Å². The van der Waals surface area contributed by atoms with Gasteiger partial charge in [0.15, 0.2) is 0 Å². The van der Waals surface area contributed by atoms with Crippen molar-refractivity contribution in [3.63, 3.8) is 0 Å². The van der Waals surface area contributed by atoms with Crippen molar-refractivity contribution in [1.29, 1.82) is 5.41 Å². The zero-order valence-corrected chi connectivity index (χ0v) is 7.01. The summed E-state index contributed by atoms with van der Waals surface area (Å²) < 4.78 is 0.228. The minimum atomic E-state index is 0.228. The van der Waals surface area contributed by atoms with Crippen LogP contribution in [0.25, 0.3) is 0 Å². The number of rotatable bonds is 2. The van der Waals surface area contributed by atoms with E-state index in [0.29, 0.717) is 5.75 Å². The van der Waals surface area contributed by atoms with Crippen LogP contribution in [0.3, 0.4) is 0 Å². The highest BCUT2D eigenvalue weighted by Crippen LogP contribution is 2.21. The van der Waals surface area contributed by atoms with Gasteiger partial charge in [-0.25, -0.2) is 0 Å².